The minimum absolute atomic E-state index is 0.0493. The number of nitrogens with one attached hydrogen (secondary N) is 2. The Labute approximate surface area is 123 Å². The van der Waals surface area contributed by atoms with E-state index in [2.05, 4.69) is 20.6 Å². The van der Waals surface area contributed by atoms with E-state index in [9.17, 15) is 4.79 Å². The Kier molecular flexibility index (Phi) is 5.22. The lowest BCUT2D eigenvalue weighted by molar-refractivity contribution is 0.101. The monoisotopic (exact) mass is 286 g/mol. The van der Waals surface area contributed by atoms with E-state index in [0.717, 1.165) is 11.5 Å². The highest BCUT2D eigenvalue weighted by Crippen LogP contribution is 2.17. The minimum Gasteiger partial charge on any atom is -0.383 e. The molecule has 0 atom stereocenters. The Bertz CT molecular complexity index is 599. The van der Waals surface area contributed by atoms with Gasteiger partial charge in [0.15, 0.2) is 5.78 Å². The Morgan fingerprint density at radius 1 is 1.19 bits per heavy atom. The van der Waals surface area contributed by atoms with Crippen molar-refractivity contribution < 1.29 is 9.53 Å². The largest absolute Gasteiger partial charge is 0.383 e. The van der Waals surface area contributed by atoms with Gasteiger partial charge in [0.2, 0.25) is 0 Å². The van der Waals surface area contributed by atoms with Gasteiger partial charge in [0.1, 0.15) is 18.0 Å². The molecule has 0 bridgehead atoms. The summed E-state index contributed by atoms with van der Waals surface area (Å²) in [6, 6.07) is 9.06. The van der Waals surface area contributed by atoms with E-state index < -0.39 is 0 Å². The number of hydrogen-bond donors (Lipinski definition) is 2. The number of ether oxygens (including phenoxy) is 1. The second kappa shape index (κ2) is 7.35. The van der Waals surface area contributed by atoms with Crippen LogP contribution < -0.4 is 10.6 Å². The van der Waals surface area contributed by atoms with Crippen molar-refractivity contribution in [2.75, 3.05) is 30.9 Å². The maximum atomic E-state index is 11.2. The van der Waals surface area contributed by atoms with Gasteiger partial charge in [-0.25, -0.2) is 9.97 Å². The second-order valence-corrected chi connectivity index (χ2v) is 4.47. The van der Waals surface area contributed by atoms with Crippen LogP contribution in [0.2, 0.25) is 0 Å². The Balaban J connectivity index is 2.01. The van der Waals surface area contributed by atoms with E-state index in [1.165, 1.54) is 6.33 Å². The van der Waals surface area contributed by atoms with E-state index in [0.29, 0.717) is 24.5 Å². The van der Waals surface area contributed by atoms with Crippen LogP contribution >= 0.6 is 0 Å². The maximum Gasteiger partial charge on any atom is 0.159 e. The summed E-state index contributed by atoms with van der Waals surface area (Å²) in [5.74, 6) is 1.46. The third-order valence-electron chi connectivity index (χ3n) is 2.84. The molecule has 0 aliphatic heterocycles. The Hall–Kier alpha value is -2.47. The molecule has 2 rings (SSSR count). The van der Waals surface area contributed by atoms with Crippen molar-refractivity contribution in [2.24, 2.45) is 0 Å². The van der Waals surface area contributed by atoms with Crippen LogP contribution in [0.1, 0.15) is 17.3 Å². The molecule has 0 fully saturated rings. The van der Waals surface area contributed by atoms with E-state index in [1.807, 2.05) is 18.2 Å². The van der Waals surface area contributed by atoms with Crippen LogP contribution in [0.4, 0.5) is 17.3 Å². The lowest BCUT2D eigenvalue weighted by Gasteiger charge is -2.08. The molecular formula is C15H18N4O2. The fourth-order valence-electron chi connectivity index (χ4n) is 1.74. The quantitative estimate of drug-likeness (QED) is 0.601. The lowest BCUT2D eigenvalue weighted by atomic mass is 10.1. The summed E-state index contributed by atoms with van der Waals surface area (Å²) in [6.07, 6.45) is 1.49. The molecule has 6 heteroatoms. The van der Waals surface area contributed by atoms with Gasteiger partial charge in [-0.15, -0.1) is 0 Å². The van der Waals surface area contributed by atoms with E-state index >= 15 is 0 Å². The highest BCUT2D eigenvalue weighted by Gasteiger charge is 2.01. The van der Waals surface area contributed by atoms with Crippen LogP contribution in [0, 0.1) is 0 Å². The Morgan fingerprint density at radius 3 is 2.57 bits per heavy atom. The van der Waals surface area contributed by atoms with Crippen molar-refractivity contribution in [2.45, 2.75) is 6.92 Å². The summed E-state index contributed by atoms with van der Waals surface area (Å²) >= 11 is 0. The number of methoxy groups -OCH3 is 1. The fraction of sp³-hybridized carbons (Fsp3) is 0.267. The number of anilines is 3. The number of hydrogen-bond acceptors (Lipinski definition) is 6. The molecule has 1 heterocycles. The SMILES string of the molecule is COCCNc1cc(Nc2ccc(C(C)=O)cc2)ncn1. The van der Waals surface area contributed by atoms with Gasteiger partial charge < -0.3 is 15.4 Å². The van der Waals surface area contributed by atoms with Crippen LogP contribution in [-0.2, 0) is 4.74 Å². The number of carbonyl (C=O) groups is 1. The van der Waals surface area contributed by atoms with Crippen molar-refractivity contribution in [3.63, 3.8) is 0 Å². The zero-order chi connectivity index (χ0) is 15.1. The van der Waals surface area contributed by atoms with Crippen LogP contribution in [0.25, 0.3) is 0 Å². The molecule has 0 unspecified atom stereocenters. The minimum atomic E-state index is 0.0493. The maximum absolute atomic E-state index is 11.2. The van der Waals surface area contributed by atoms with Crippen LogP contribution in [0.15, 0.2) is 36.7 Å². The molecule has 6 nitrogen and oxygen atoms in total. The smallest absolute Gasteiger partial charge is 0.159 e. The van der Waals surface area contributed by atoms with Gasteiger partial charge in [0, 0.05) is 31.0 Å². The lowest BCUT2D eigenvalue weighted by Crippen LogP contribution is -2.09. The van der Waals surface area contributed by atoms with E-state index in [4.69, 9.17) is 4.74 Å². The van der Waals surface area contributed by atoms with Crippen molar-refractivity contribution in [1.82, 2.24) is 9.97 Å². The molecule has 0 radical (unpaired) electrons. The van der Waals surface area contributed by atoms with Crippen molar-refractivity contribution in [3.05, 3.63) is 42.2 Å². The first kappa shape index (κ1) is 14.9. The molecule has 2 aromatic rings. The van der Waals surface area contributed by atoms with Crippen molar-refractivity contribution >= 4 is 23.1 Å². The predicted octanol–water partition coefficient (Wildman–Crippen LogP) is 2.48. The molecule has 21 heavy (non-hydrogen) atoms. The average Bonchev–Trinajstić information content (AvgIpc) is 2.48. The zero-order valence-electron chi connectivity index (χ0n) is 12.1. The Morgan fingerprint density at radius 2 is 1.90 bits per heavy atom. The topological polar surface area (TPSA) is 76.1 Å². The van der Waals surface area contributed by atoms with Gasteiger partial charge in [-0.1, -0.05) is 0 Å². The molecule has 0 aliphatic rings. The van der Waals surface area contributed by atoms with Gasteiger partial charge in [-0.05, 0) is 31.2 Å². The highest BCUT2D eigenvalue weighted by atomic mass is 16.5. The summed E-state index contributed by atoms with van der Waals surface area (Å²) < 4.78 is 4.97. The summed E-state index contributed by atoms with van der Waals surface area (Å²) in [5, 5.41) is 6.30. The molecule has 0 aliphatic carbocycles. The first-order valence-corrected chi connectivity index (χ1v) is 6.62. The zero-order valence-corrected chi connectivity index (χ0v) is 12.1. The molecular weight excluding hydrogens is 268 g/mol. The highest BCUT2D eigenvalue weighted by molar-refractivity contribution is 5.94. The first-order valence-electron chi connectivity index (χ1n) is 6.62. The number of Topliss-reactive ketones (excluding diaryl/α,β-unsaturated/α-hetero) is 1. The standard InChI is InChI=1S/C15H18N4O2/c1-11(20)12-3-5-13(6-4-12)19-15-9-14(17-10-18-15)16-7-8-21-2/h3-6,9-10H,7-8H2,1-2H3,(H2,16,17,18,19). The average molecular weight is 286 g/mol. The fourth-order valence-corrected chi connectivity index (χ4v) is 1.74. The number of ketones is 1. The number of rotatable bonds is 7. The third-order valence-corrected chi connectivity index (χ3v) is 2.84. The third kappa shape index (κ3) is 4.54. The molecule has 0 amide bonds. The first-order chi connectivity index (χ1) is 10.2. The van der Waals surface area contributed by atoms with Gasteiger partial charge in [-0.3, -0.25) is 4.79 Å². The molecule has 1 aromatic heterocycles. The van der Waals surface area contributed by atoms with Crippen LogP contribution in [-0.4, -0.2) is 36.0 Å². The van der Waals surface area contributed by atoms with Crippen LogP contribution in [0.5, 0.6) is 0 Å². The summed E-state index contributed by atoms with van der Waals surface area (Å²) in [4.78, 5) is 19.5. The van der Waals surface area contributed by atoms with Gasteiger partial charge in [0.25, 0.3) is 0 Å². The summed E-state index contributed by atoms with van der Waals surface area (Å²) in [6.45, 7) is 2.84. The van der Waals surface area contributed by atoms with E-state index in [-0.39, 0.29) is 5.78 Å². The van der Waals surface area contributed by atoms with Gasteiger partial charge >= 0.3 is 0 Å². The number of benzene rings is 1. The summed E-state index contributed by atoms with van der Waals surface area (Å²) in [7, 11) is 1.65. The molecule has 0 saturated carbocycles. The van der Waals surface area contributed by atoms with Crippen molar-refractivity contribution in [1.29, 1.82) is 0 Å². The van der Waals surface area contributed by atoms with Gasteiger partial charge in [-0.2, -0.15) is 0 Å². The van der Waals surface area contributed by atoms with Gasteiger partial charge in [0.05, 0.1) is 6.61 Å². The molecule has 110 valence electrons. The molecule has 2 N–H and O–H groups in total. The van der Waals surface area contributed by atoms with Crippen molar-refractivity contribution in [3.8, 4) is 0 Å². The molecule has 0 spiro atoms. The molecule has 1 aromatic carbocycles. The molecule has 0 saturated heterocycles. The van der Waals surface area contributed by atoms with E-state index in [1.54, 1.807) is 26.2 Å². The number of aromatic nitrogens is 2. The second-order valence-electron chi connectivity index (χ2n) is 4.47. The number of nitrogens with zero attached hydrogens (tertiary/aromatic N) is 2. The number of carbonyl (C=O) groups excluding carboxylic acids is 1. The van der Waals surface area contributed by atoms with Crippen LogP contribution in [0.3, 0.4) is 0 Å². The summed E-state index contributed by atoms with van der Waals surface area (Å²) in [5.41, 5.74) is 1.55. The normalized spacial score (nSPS) is 10.2. The predicted molar refractivity (Wildman–Crippen MR) is 82.1 cm³/mol.